The van der Waals surface area contributed by atoms with Crippen LogP contribution >= 0.6 is 0 Å². The Morgan fingerprint density at radius 2 is 1.73 bits per heavy atom. The fourth-order valence-corrected chi connectivity index (χ4v) is 4.93. The van der Waals surface area contributed by atoms with Crippen molar-refractivity contribution in [3.05, 3.63) is 59.7 Å². The molecule has 33 heavy (non-hydrogen) atoms. The fourth-order valence-electron chi connectivity index (χ4n) is 3.88. The van der Waals surface area contributed by atoms with Gasteiger partial charge in [-0.1, -0.05) is 39.0 Å². The number of likely N-dealkylation sites (tertiary alicyclic amines) is 1. The molecule has 7 nitrogen and oxygen atoms in total. The number of sulfonamides is 1. The highest BCUT2D eigenvalue weighted by atomic mass is 32.2. The molecule has 0 aliphatic carbocycles. The van der Waals surface area contributed by atoms with Gasteiger partial charge in [-0.15, -0.1) is 0 Å². The molecule has 0 unspecified atom stereocenters. The third-order valence-electron chi connectivity index (χ3n) is 5.92. The molecule has 0 saturated carbocycles. The molecule has 3 rings (SSSR count). The normalized spacial score (nSPS) is 14.8. The number of benzene rings is 2. The van der Waals surface area contributed by atoms with Crippen molar-refractivity contribution in [2.24, 2.45) is 5.92 Å². The van der Waals surface area contributed by atoms with Crippen LogP contribution in [0, 0.1) is 5.92 Å². The molecular formula is C25H33N3O4S. The van der Waals surface area contributed by atoms with E-state index in [-0.39, 0.29) is 22.6 Å². The van der Waals surface area contributed by atoms with Gasteiger partial charge < -0.3 is 10.2 Å². The lowest BCUT2D eigenvalue weighted by atomic mass is 9.95. The van der Waals surface area contributed by atoms with E-state index >= 15 is 0 Å². The first-order valence-electron chi connectivity index (χ1n) is 11.5. The molecule has 2 aromatic carbocycles. The molecule has 0 radical (unpaired) electrons. The quantitative estimate of drug-likeness (QED) is 0.609. The molecule has 2 amide bonds. The van der Waals surface area contributed by atoms with Gasteiger partial charge in [0.15, 0.2) is 0 Å². The summed E-state index contributed by atoms with van der Waals surface area (Å²) in [4.78, 5) is 27.1. The Hall–Kier alpha value is -2.87. The fraction of sp³-hybridized carbons (Fsp3) is 0.440. The van der Waals surface area contributed by atoms with Crippen LogP contribution in [0.25, 0.3) is 0 Å². The van der Waals surface area contributed by atoms with Crippen LogP contribution in [0.5, 0.6) is 0 Å². The Kier molecular flexibility index (Phi) is 8.13. The molecule has 0 aromatic heterocycles. The molecule has 1 aliphatic rings. The molecule has 1 heterocycles. The van der Waals surface area contributed by atoms with Gasteiger partial charge in [-0.25, -0.2) is 8.42 Å². The number of amides is 2. The SMILES string of the molecule is CCCNC(=O)C1CCN(C(=O)c2cccc(NS(=O)(=O)c3ccc(C(C)C)cc3)c2)CC1. The maximum absolute atomic E-state index is 13.0. The number of carbonyl (C=O) groups is 2. The lowest BCUT2D eigenvalue weighted by Crippen LogP contribution is -2.43. The summed E-state index contributed by atoms with van der Waals surface area (Å²) in [5, 5.41) is 2.92. The van der Waals surface area contributed by atoms with Gasteiger partial charge in [0, 0.05) is 36.8 Å². The first kappa shape index (κ1) is 24.8. The molecule has 1 saturated heterocycles. The Bertz CT molecular complexity index is 1070. The summed E-state index contributed by atoms with van der Waals surface area (Å²) in [5.74, 6) is 0.139. The van der Waals surface area contributed by atoms with Crippen LogP contribution in [0.4, 0.5) is 5.69 Å². The molecule has 0 spiro atoms. The molecular weight excluding hydrogens is 438 g/mol. The lowest BCUT2D eigenvalue weighted by molar-refractivity contribution is -0.126. The monoisotopic (exact) mass is 471 g/mol. The summed E-state index contributed by atoms with van der Waals surface area (Å²) in [5.41, 5.74) is 1.81. The molecule has 1 fully saturated rings. The van der Waals surface area contributed by atoms with Gasteiger partial charge in [0.25, 0.3) is 15.9 Å². The van der Waals surface area contributed by atoms with Crippen molar-refractivity contribution in [1.82, 2.24) is 10.2 Å². The minimum Gasteiger partial charge on any atom is -0.356 e. The van der Waals surface area contributed by atoms with Gasteiger partial charge in [0.2, 0.25) is 5.91 Å². The number of nitrogens with zero attached hydrogens (tertiary/aromatic N) is 1. The highest BCUT2D eigenvalue weighted by Crippen LogP contribution is 2.23. The van der Waals surface area contributed by atoms with E-state index in [9.17, 15) is 18.0 Å². The number of rotatable bonds is 8. The second-order valence-corrected chi connectivity index (χ2v) is 10.4. The van der Waals surface area contributed by atoms with Gasteiger partial charge in [0.1, 0.15) is 0 Å². The Balaban J connectivity index is 1.64. The van der Waals surface area contributed by atoms with E-state index in [1.807, 2.05) is 32.9 Å². The highest BCUT2D eigenvalue weighted by Gasteiger charge is 2.27. The second kappa shape index (κ2) is 10.8. The van der Waals surface area contributed by atoms with Gasteiger partial charge in [-0.05, 0) is 61.1 Å². The molecule has 178 valence electrons. The van der Waals surface area contributed by atoms with Crippen molar-refractivity contribution in [1.29, 1.82) is 0 Å². The van der Waals surface area contributed by atoms with Gasteiger partial charge >= 0.3 is 0 Å². The van der Waals surface area contributed by atoms with Gasteiger partial charge in [-0.2, -0.15) is 0 Å². The third-order valence-corrected chi connectivity index (χ3v) is 7.32. The van der Waals surface area contributed by atoms with E-state index in [1.165, 1.54) is 0 Å². The minimum absolute atomic E-state index is 0.0572. The number of nitrogens with one attached hydrogen (secondary N) is 2. The largest absolute Gasteiger partial charge is 0.356 e. The van der Waals surface area contributed by atoms with Gasteiger partial charge in [0.05, 0.1) is 4.90 Å². The predicted molar refractivity (Wildman–Crippen MR) is 130 cm³/mol. The smallest absolute Gasteiger partial charge is 0.261 e. The zero-order chi connectivity index (χ0) is 24.0. The van der Waals surface area contributed by atoms with Crippen molar-refractivity contribution in [3.8, 4) is 0 Å². The highest BCUT2D eigenvalue weighted by molar-refractivity contribution is 7.92. The maximum Gasteiger partial charge on any atom is 0.261 e. The molecule has 0 bridgehead atoms. The van der Waals surface area contributed by atoms with E-state index in [2.05, 4.69) is 10.0 Å². The number of piperidine rings is 1. The topological polar surface area (TPSA) is 95.6 Å². The van der Waals surface area contributed by atoms with Crippen LogP contribution in [0.2, 0.25) is 0 Å². The molecule has 2 aromatic rings. The van der Waals surface area contributed by atoms with Crippen molar-refractivity contribution in [2.75, 3.05) is 24.4 Å². The van der Waals surface area contributed by atoms with Crippen LogP contribution in [0.1, 0.15) is 61.9 Å². The Labute approximate surface area is 196 Å². The van der Waals surface area contributed by atoms with Crippen LogP contribution in [0.3, 0.4) is 0 Å². The third kappa shape index (κ3) is 6.35. The molecule has 0 atom stereocenters. The van der Waals surface area contributed by atoms with E-state index in [1.54, 1.807) is 41.3 Å². The molecule has 1 aliphatic heterocycles. The summed E-state index contributed by atoms with van der Waals surface area (Å²) in [6, 6.07) is 13.3. The van der Waals surface area contributed by atoms with E-state index in [0.717, 1.165) is 12.0 Å². The Morgan fingerprint density at radius 1 is 1.06 bits per heavy atom. The van der Waals surface area contributed by atoms with Crippen LogP contribution in [-0.2, 0) is 14.8 Å². The van der Waals surface area contributed by atoms with Gasteiger partial charge in [-0.3, -0.25) is 14.3 Å². The zero-order valence-electron chi connectivity index (χ0n) is 19.5. The number of hydrogen-bond donors (Lipinski definition) is 2. The molecule has 8 heteroatoms. The van der Waals surface area contributed by atoms with Crippen molar-refractivity contribution in [2.45, 2.75) is 50.8 Å². The number of hydrogen-bond acceptors (Lipinski definition) is 4. The first-order valence-corrected chi connectivity index (χ1v) is 13.0. The predicted octanol–water partition coefficient (Wildman–Crippen LogP) is 3.99. The lowest BCUT2D eigenvalue weighted by Gasteiger charge is -2.31. The molecule has 2 N–H and O–H groups in total. The van der Waals surface area contributed by atoms with E-state index in [4.69, 9.17) is 0 Å². The second-order valence-electron chi connectivity index (χ2n) is 8.77. The Morgan fingerprint density at radius 3 is 2.33 bits per heavy atom. The van der Waals surface area contributed by atoms with Crippen molar-refractivity contribution < 1.29 is 18.0 Å². The average molecular weight is 472 g/mol. The maximum atomic E-state index is 13.0. The van der Waals surface area contributed by atoms with Crippen molar-refractivity contribution in [3.63, 3.8) is 0 Å². The summed E-state index contributed by atoms with van der Waals surface area (Å²) in [6.07, 6.45) is 2.15. The minimum atomic E-state index is -3.77. The zero-order valence-corrected chi connectivity index (χ0v) is 20.3. The number of carbonyl (C=O) groups excluding carboxylic acids is 2. The summed E-state index contributed by atoms with van der Waals surface area (Å²) in [7, 11) is -3.77. The summed E-state index contributed by atoms with van der Waals surface area (Å²) in [6.45, 7) is 7.78. The van der Waals surface area contributed by atoms with E-state index < -0.39 is 10.0 Å². The summed E-state index contributed by atoms with van der Waals surface area (Å²) < 4.78 is 28.2. The summed E-state index contributed by atoms with van der Waals surface area (Å²) >= 11 is 0. The number of anilines is 1. The van der Waals surface area contributed by atoms with E-state index in [0.29, 0.717) is 49.6 Å². The van der Waals surface area contributed by atoms with Crippen LogP contribution in [-0.4, -0.2) is 44.8 Å². The van der Waals surface area contributed by atoms with Crippen molar-refractivity contribution >= 4 is 27.5 Å². The first-order chi connectivity index (χ1) is 15.7. The van der Waals surface area contributed by atoms with Crippen LogP contribution in [0.15, 0.2) is 53.4 Å². The average Bonchev–Trinajstić information content (AvgIpc) is 2.82. The standard InChI is InChI=1S/C25H33N3O4S/c1-4-14-26-24(29)20-12-15-28(16-13-20)25(30)21-6-5-7-22(17-21)27-33(31,32)23-10-8-19(9-11-23)18(2)3/h5-11,17-18,20,27H,4,12-16H2,1-3H3,(H,26,29). The van der Waals surface area contributed by atoms with Crippen LogP contribution < -0.4 is 10.0 Å².